The lowest BCUT2D eigenvalue weighted by Crippen LogP contribution is -2.40. The van der Waals surface area contributed by atoms with Crippen molar-refractivity contribution in [2.75, 3.05) is 13.1 Å². The number of nitrogens with zero attached hydrogens (tertiary/aromatic N) is 5. The molecule has 2 aromatic heterocycles. The number of imidazole rings is 1. The Morgan fingerprint density at radius 3 is 2.68 bits per heavy atom. The smallest absolute Gasteiger partial charge is 0.241 e. The summed E-state index contributed by atoms with van der Waals surface area (Å²) < 4.78 is 8.42. The van der Waals surface area contributed by atoms with Crippen molar-refractivity contribution in [2.24, 2.45) is 5.92 Å². The first kappa shape index (κ1) is 22.5. The van der Waals surface area contributed by atoms with E-state index in [2.05, 4.69) is 41.3 Å². The number of piperidine rings is 1. The van der Waals surface area contributed by atoms with Gasteiger partial charge in [0.2, 0.25) is 17.6 Å². The molecule has 34 heavy (non-hydrogen) atoms. The van der Waals surface area contributed by atoms with E-state index in [0.29, 0.717) is 24.8 Å². The standard InChI is InChI=1S/C25H25BrN6O2/c26-21-7-5-18(6-8-21)24-29-23(34-30-24)16-31-12-9-19(10-13-31)25(33)28-15-20-3-1-2-4-22(20)32-14-11-27-17-32/h1-8,11,14,17,19H,9-10,12-13,15-16H2,(H,28,33). The highest BCUT2D eigenvalue weighted by Crippen LogP contribution is 2.22. The molecule has 0 bridgehead atoms. The fourth-order valence-corrected chi connectivity index (χ4v) is 4.48. The van der Waals surface area contributed by atoms with Crippen molar-refractivity contribution >= 4 is 21.8 Å². The zero-order valence-corrected chi connectivity index (χ0v) is 20.2. The zero-order valence-electron chi connectivity index (χ0n) is 18.6. The molecule has 0 atom stereocenters. The first-order valence-electron chi connectivity index (χ1n) is 11.3. The quantitative estimate of drug-likeness (QED) is 0.392. The number of rotatable bonds is 7. The topological polar surface area (TPSA) is 89.1 Å². The molecule has 0 spiro atoms. The zero-order chi connectivity index (χ0) is 23.3. The number of aromatic nitrogens is 4. The third-order valence-electron chi connectivity index (χ3n) is 6.12. The van der Waals surface area contributed by atoms with E-state index in [-0.39, 0.29) is 11.8 Å². The number of likely N-dealkylation sites (tertiary alicyclic amines) is 1. The minimum atomic E-state index is 0.0117. The molecular weight excluding hydrogens is 496 g/mol. The Hall–Kier alpha value is -3.30. The Kier molecular flexibility index (Phi) is 6.82. The van der Waals surface area contributed by atoms with E-state index in [9.17, 15) is 4.79 Å². The molecule has 5 rings (SSSR count). The molecule has 0 radical (unpaired) electrons. The van der Waals surface area contributed by atoms with Crippen molar-refractivity contribution in [3.8, 4) is 17.1 Å². The SMILES string of the molecule is O=C(NCc1ccccc1-n1ccnc1)C1CCN(Cc2nc(-c3ccc(Br)cc3)no2)CC1. The molecule has 1 aliphatic rings. The van der Waals surface area contributed by atoms with Crippen molar-refractivity contribution in [2.45, 2.75) is 25.9 Å². The number of halogens is 1. The van der Waals surface area contributed by atoms with Gasteiger partial charge in [0.1, 0.15) is 0 Å². The van der Waals surface area contributed by atoms with Crippen LogP contribution in [0.4, 0.5) is 0 Å². The molecule has 0 unspecified atom stereocenters. The maximum absolute atomic E-state index is 12.8. The number of nitrogens with one attached hydrogen (secondary N) is 1. The molecule has 1 saturated heterocycles. The molecule has 9 heteroatoms. The van der Waals surface area contributed by atoms with Crippen LogP contribution in [0.5, 0.6) is 0 Å². The number of carbonyl (C=O) groups is 1. The van der Waals surface area contributed by atoms with Crippen LogP contribution in [-0.4, -0.2) is 43.6 Å². The van der Waals surface area contributed by atoms with Crippen molar-refractivity contribution in [1.29, 1.82) is 0 Å². The average molecular weight is 521 g/mol. The molecule has 1 N–H and O–H groups in total. The van der Waals surface area contributed by atoms with Gasteiger partial charge < -0.3 is 14.4 Å². The Bertz CT molecular complexity index is 1230. The van der Waals surface area contributed by atoms with Crippen LogP contribution in [0.25, 0.3) is 17.1 Å². The van der Waals surface area contributed by atoms with E-state index >= 15 is 0 Å². The van der Waals surface area contributed by atoms with Crippen LogP contribution in [0.2, 0.25) is 0 Å². The predicted molar refractivity (Wildman–Crippen MR) is 131 cm³/mol. The van der Waals surface area contributed by atoms with Crippen molar-refractivity contribution in [1.82, 2.24) is 29.9 Å². The minimum absolute atomic E-state index is 0.0117. The molecule has 2 aromatic carbocycles. The van der Waals surface area contributed by atoms with Crippen molar-refractivity contribution in [3.05, 3.63) is 83.2 Å². The summed E-state index contributed by atoms with van der Waals surface area (Å²) in [6, 6.07) is 15.9. The molecule has 3 heterocycles. The number of para-hydroxylation sites is 1. The van der Waals surface area contributed by atoms with Gasteiger partial charge >= 0.3 is 0 Å². The Morgan fingerprint density at radius 1 is 1.12 bits per heavy atom. The number of amides is 1. The Morgan fingerprint density at radius 2 is 1.91 bits per heavy atom. The summed E-state index contributed by atoms with van der Waals surface area (Å²) in [4.78, 5) is 23.7. The van der Waals surface area contributed by atoms with Gasteiger partial charge in [-0.2, -0.15) is 4.98 Å². The summed E-state index contributed by atoms with van der Waals surface area (Å²) in [7, 11) is 0. The molecule has 1 fully saturated rings. The monoisotopic (exact) mass is 520 g/mol. The normalized spacial score (nSPS) is 14.9. The highest BCUT2D eigenvalue weighted by atomic mass is 79.9. The number of hydrogen-bond acceptors (Lipinski definition) is 6. The van der Waals surface area contributed by atoms with Gasteiger partial charge in [-0.05, 0) is 61.8 Å². The van der Waals surface area contributed by atoms with Crippen LogP contribution in [-0.2, 0) is 17.9 Å². The summed E-state index contributed by atoms with van der Waals surface area (Å²) in [6.07, 6.45) is 7.04. The van der Waals surface area contributed by atoms with E-state index in [4.69, 9.17) is 4.52 Å². The van der Waals surface area contributed by atoms with Crippen LogP contribution < -0.4 is 5.32 Å². The third kappa shape index (κ3) is 5.26. The van der Waals surface area contributed by atoms with E-state index in [1.807, 2.05) is 59.3 Å². The van der Waals surface area contributed by atoms with Crippen LogP contribution in [0, 0.1) is 5.92 Å². The molecule has 1 amide bonds. The first-order valence-corrected chi connectivity index (χ1v) is 12.1. The lowest BCUT2D eigenvalue weighted by Gasteiger charge is -2.30. The molecule has 0 aliphatic carbocycles. The van der Waals surface area contributed by atoms with Gasteiger partial charge in [-0.25, -0.2) is 4.98 Å². The molecule has 0 saturated carbocycles. The van der Waals surface area contributed by atoms with Gasteiger partial charge in [-0.3, -0.25) is 9.69 Å². The second kappa shape index (κ2) is 10.3. The van der Waals surface area contributed by atoms with Crippen LogP contribution in [0.15, 0.2) is 76.2 Å². The fraction of sp³-hybridized carbons (Fsp3) is 0.280. The number of carbonyl (C=O) groups excluding carboxylic acids is 1. The maximum Gasteiger partial charge on any atom is 0.241 e. The fourth-order valence-electron chi connectivity index (χ4n) is 4.22. The lowest BCUT2D eigenvalue weighted by molar-refractivity contribution is -0.126. The summed E-state index contributed by atoms with van der Waals surface area (Å²) in [6.45, 7) is 2.73. The largest absolute Gasteiger partial charge is 0.352 e. The minimum Gasteiger partial charge on any atom is -0.352 e. The summed E-state index contributed by atoms with van der Waals surface area (Å²) in [5.74, 6) is 1.30. The van der Waals surface area contributed by atoms with Gasteiger partial charge in [-0.1, -0.05) is 39.3 Å². The van der Waals surface area contributed by atoms with E-state index < -0.39 is 0 Å². The summed E-state index contributed by atoms with van der Waals surface area (Å²) in [5, 5.41) is 7.23. The predicted octanol–water partition coefficient (Wildman–Crippen LogP) is 4.21. The van der Waals surface area contributed by atoms with Gasteiger partial charge in [-0.15, -0.1) is 0 Å². The van der Waals surface area contributed by atoms with Crippen LogP contribution in [0.1, 0.15) is 24.3 Å². The third-order valence-corrected chi connectivity index (χ3v) is 6.64. The van der Waals surface area contributed by atoms with Crippen molar-refractivity contribution in [3.63, 3.8) is 0 Å². The highest BCUT2D eigenvalue weighted by Gasteiger charge is 2.26. The molecular formula is C25H25BrN6O2. The van der Waals surface area contributed by atoms with Gasteiger partial charge in [0.05, 0.1) is 18.6 Å². The van der Waals surface area contributed by atoms with Crippen molar-refractivity contribution < 1.29 is 9.32 Å². The number of hydrogen-bond donors (Lipinski definition) is 1. The Labute approximate surface area is 206 Å². The van der Waals surface area contributed by atoms with Gasteiger partial charge in [0, 0.05) is 34.9 Å². The summed E-state index contributed by atoms with van der Waals surface area (Å²) >= 11 is 3.43. The van der Waals surface area contributed by atoms with E-state index in [1.54, 1.807) is 12.5 Å². The van der Waals surface area contributed by atoms with Gasteiger partial charge in [0.15, 0.2) is 0 Å². The van der Waals surface area contributed by atoms with Crippen LogP contribution >= 0.6 is 15.9 Å². The van der Waals surface area contributed by atoms with Gasteiger partial charge in [0.25, 0.3) is 0 Å². The molecule has 1 aliphatic heterocycles. The highest BCUT2D eigenvalue weighted by molar-refractivity contribution is 9.10. The molecule has 4 aromatic rings. The summed E-state index contributed by atoms with van der Waals surface area (Å²) in [5.41, 5.74) is 3.00. The van der Waals surface area contributed by atoms with E-state index in [1.165, 1.54) is 0 Å². The average Bonchev–Trinajstić information content (AvgIpc) is 3.56. The van der Waals surface area contributed by atoms with Crippen LogP contribution in [0.3, 0.4) is 0 Å². The second-order valence-corrected chi connectivity index (χ2v) is 9.30. The number of benzene rings is 2. The lowest BCUT2D eigenvalue weighted by atomic mass is 9.96. The first-order chi connectivity index (χ1) is 16.7. The second-order valence-electron chi connectivity index (χ2n) is 8.39. The Balaban J connectivity index is 1.11. The molecule has 174 valence electrons. The van der Waals surface area contributed by atoms with E-state index in [0.717, 1.165) is 47.2 Å². The maximum atomic E-state index is 12.8. The molecule has 8 nitrogen and oxygen atoms in total.